The topological polar surface area (TPSA) is 46.6 Å². The summed E-state index contributed by atoms with van der Waals surface area (Å²) in [6.45, 7) is 7.17. The van der Waals surface area contributed by atoms with E-state index in [-0.39, 0.29) is 12.0 Å². The van der Waals surface area contributed by atoms with Gasteiger partial charge >= 0.3 is 0 Å². The molecule has 0 aromatic carbocycles. The van der Waals surface area contributed by atoms with E-state index in [1.807, 2.05) is 27.8 Å². The molecule has 0 aliphatic carbocycles. The summed E-state index contributed by atoms with van der Waals surface area (Å²) in [6.07, 6.45) is 7.42. The van der Waals surface area contributed by atoms with Crippen LogP contribution in [0.2, 0.25) is 0 Å². The first-order chi connectivity index (χ1) is 9.97. The number of hydrogen-bond acceptors (Lipinski definition) is 3. The molecule has 0 radical (unpaired) electrons. The van der Waals surface area contributed by atoms with Crippen molar-refractivity contribution in [1.29, 1.82) is 0 Å². The van der Waals surface area contributed by atoms with E-state index >= 15 is 0 Å². The molecular weight excluding hydrogens is 266 g/mol. The fraction of sp³-hybridized carbons (Fsp3) is 0.882. The van der Waals surface area contributed by atoms with Gasteiger partial charge in [0.15, 0.2) is 0 Å². The highest BCUT2D eigenvalue weighted by molar-refractivity contribution is 5.77. The Morgan fingerprint density at radius 2 is 1.57 bits per heavy atom. The number of rotatable bonds is 13. The Labute approximate surface area is 130 Å². The minimum Gasteiger partial charge on any atom is -0.377 e. The van der Waals surface area contributed by atoms with Crippen molar-refractivity contribution in [1.82, 2.24) is 4.90 Å². The molecule has 0 saturated carbocycles. The summed E-state index contributed by atoms with van der Waals surface area (Å²) in [5.41, 5.74) is 0. The van der Waals surface area contributed by atoms with E-state index in [2.05, 4.69) is 0 Å². The van der Waals surface area contributed by atoms with Gasteiger partial charge in [0.1, 0.15) is 5.78 Å². The van der Waals surface area contributed by atoms with Crippen LogP contribution in [0.1, 0.15) is 72.1 Å². The number of hydrogen-bond donors (Lipinski definition) is 0. The van der Waals surface area contributed by atoms with Crippen LogP contribution in [0.5, 0.6) is 0 Å². The Bertz CT molecular complexity index is 290. The Balaban J connectivity index is 3.46. The standard InChI is InChI=1S/C17H33NO3/c1-5-16(19)11-9-7-6-8-10-12-17(20)18(4)13-14-21-15(2)3/h15H,5-14H2,1-4H3. The molecule has 0 aliphatic heterocycles. The SMILES string of the molecule is CCC(=O)CCCCCCCC(=O)N(C)CCOC(C)C. The molecule has 0 heterocycles. The first-order valence-electron chi connectivity index (χ1n) is 8.34. The number of ether oxygens (including phenoxy) is 1. The average molecular weight is 299 g/mol. The van der Waals surface area contributed by atoms with Crippen molar-refractivity contribution in [3.05, 3.63) is 0 Å². The lowest BCUT2D eigenvalue weighted by atomic mass is 10.1. The highest BCUT2D eigenvalue weighted by atomic mass is 16.5. The van der Waals surface area contributed by atoms with Crippen LogP contribution in [0.3, 0.4) is 0 Å². The normalized spacial score (nSPS) is 10.9. The first-order valence-corrected chi connectivity index (χ1v) is 8.34. The quantitative estimate of drug-likeness (QED) is 0.488. The van der Waals surface area contributed by atoms with E-state index in [0.29, 0.717) is 38.2 Å². The second-order valence-corrected chi connectivity index (χ2v) is 5.89. The van der Waals surface area contributed by atoms with Crippen LogP contribution in [0.15, 0.2) is 0 Å². The molecule has 0 aromatic heterocycles. The predicted octanol–water partition coefficient (Wildman–Crippen LogP) is 3.58. The van der Waals surface area contributed by atoms with Gasteiger partial charge in [0.25, 0.3) is 0 Å². The van der Waals surface area contributed by atoms with Crippen molar-refractivity contribution in [3.8, 4) is 0 Å². The van der Waals surface area contributed by atoms with E-state index in [1.165, 1.54) is 0 Å². The molecule has 0 spiro atoms. The predicted molar refractivity (Wildman–Crippen MR) is 86.3 cm³/mol. The van der Waals surface area contributed by atoms with Gasteiger partial charge in [0.2, 0.25) is 5.91 Å². The summed E-state index contributed by atoms with van der Waals surface area (Å²) in [6, 6.07) is 0. The van der Waals surface area contributed by atoms with E-state index < -0.39 is 0 Å². The molecule has 0 bridgehead atoms. The summed E-state index contributed by atoms with van der Waals surface area (Å²) in [5, 5.41) is 0. The van der Waals surface area contributed by atoms with Crippen molar-refractivity contribution >= 4 is 11.7 Å². The van der Waals surface area contributed by atoms with Gasteiger partial charge < -0.3 is 9.64 Å². The molecule has 0 atom stereocenters. The molecule has 0 rings (SSSR count). The number of amides is 1. The van der Waals surface area contributed by atoms with Gasteiger partial charge in [-0.1, -0.05) is 26.2 Å². The fourth-order valence-corrected chi connectivity index (χ4v) is 2.05. The fourth-order valence-electron chi connectivity index (χ4n) is 2.05. The third-order valence-corrected chi connectivity index (χ3v) is 3.54. The molecule has 21 heavy (non-hydrogen) atoms. The number of nitrogens with zero attached hydrogens (tertiary/aromatic N) is 1. The zero-order valence-electron chi connectivity index (χ0n) is 14.3. The highest BCUT2D eigenvalue weighted by Crippen LogP contribution is 2.09. The van der Waals surface area contributed by atoms with Crippen molar-refractivity contribution in [2.24, 2.45) is 0 Å². The molecule has 0 fully saturated rings. The zero-order chi connectivity index (χ0) is 16.1. The lowest BCUT2D eigenvalue weighted by molar-refractivity contribution is -0.130. The monoisotopic (exact) mass is 299 g/mol. The Morgan fingerprint density at radius 1 is 1.00 bits per heavy atom. The van der Waals surface area contributed by atoms with Gasteiger partial charge in [-0.05, 0) is 26.7 Å². The average Bonchev–Trinajstić information content (AvgIpc) is 2.45. The zero-order valence-corrected chi connectivity index (χ0v) is 14.3. The van der Waals surface area contributed by atoms with Gasteiger partial charge in [0, 0.05) is 32.9 Å². The molecule has 4 nitrogen and oxygen atoms in total. The highest BCUT2D eigenvalue weighted by Gasteiger charge is 2.08. The van der Waals surface area contributed by atoms with Gasteiger partial charge in [-0.3, -0.25) is 9.59 Å². The lowest BCUT2D eigenvalue weighted by Gasteiger charge is -2.18. The number of carbonyl (C=O) groups is 2. The van der Waals surface area contributed by atoms with Crippen LogP contribution in [0.4, 0.5) is 0 Å². The molecule has 0 N–H and O–H groups in total. The van der Waals surface area contributed by atoms with Gasteiger partial charge in [-0.15, -0.1) is 0 Å². The molecule has 1 amide bonds. The van der Waals surface area contributed by atoms with E-state index in [0.717, 1.165) is 32.1 Å². The third kappa shape index (κ3) is 12.5. The smallest absolute Gasteiger partial charge is 0.222 e. The van der Waals surface area contributed by atoms with Crippen molar-refractivity contribution in [2.45, 2.75) is 78.2 Å². The number of unbranched alkanes of at least 4 members (excludes halogenated alkanes) is 4. The summed E-state index contributed by atoms with van der Waals surface area (Å²) in [5.74, 6) is 0.555. The third-order valence-electron chi connectivity index (χ3n) is 3.54. The van der Waals surface area contributed by atoms with E-state index in [4.69, 9.17) is 4.74 Å². The Hall–Kier alpha value is -0.900. The first kappa shape index (κ1) is 20.1. The number of carbonyl (C=O) groups excluding carboxylic acids is 2. The number of Topliss-reactive ketones (excluding diaryl/α,β-unsaturated/α-hetero) is 1. The van der Waals surface area contributed by atoms with Crippen LogP contribution in [-0.2, 0) is 14.3 Å². The summed E-state index contributed by atoms with van der Waals surface area (Å²) in [4.78, 5) is 24.7. The molecule has 0 unspecified atom stereocenters. The van der Waals surface area contributed by atoms with E-state index in [1.54, 1.807) is 4.90 Å². The second kappa shape index (κ2) is 12.8. The molecule has 0 aliphatic rings. The minimum atomic E-state index is 0.198. The molecule has 124 valence electrons. The molecular formula is C17H33NO3. The molecule has 0 saturated heterocycles. The van der Waals surface area contributed by atoms with Gasteiger partial charge in [-0.2, -0.15) is 0 Å². The van der Waals surface area contributed by atoms with Gasteiger partial charge in [0.05, 0.1) is 12.7 Å². The number of ketones is 1. The maximum atomic E-state index is 11.9. The van der Waals surface area contributed by atoms with Crippen LogP contribution in [0.25, 0.3) is 0 Å². The van der Waals surface area contributed by atoms with E-state index in [9.17, 15) is 9.59 Å². The molecule has 4 heteroatoms. The summed E-state index contributed by atoms with van der Waals surface area (Å²) in [7, 11) is 1.84. The van der Waals surface area contributed by atoms with Crippen molar-refractivity contribution < 1.29 is 14.3 Å². The maximum Gasteiger partial charge on any atom is 0.222 e. The largest absolute Gasteiger partial charge is 0.377 e. The Morgan fingerprint density at radius 3 is 2.14 bits per heavy atom. The maximum absolute atomic E-state index is 11.9. The van der Waals surface area contributed by atoms with Crippen LogP contribution in [0, 0.1) is 0 Å². The van der Waals surface area contributed by atoms with Crippen LogP contribution < -0.4 is 0 Å². The van der Waals surface area contributed by atoms with Crippen molar-refractivity contribution in [3.63, 3.8) is 0 Å². The van der Waals surface area contributed by atoms with Crippen molar-refractivity contribution in [2.75, 3.05) is 20.2 Å². The van der Waals surface area contributed by atoms with Crippen LogP contribution >= 0.6 is 0 Å². The summed E-state index contributed by atoms with van der Waals surface area (Å²) >= 11 is 0. The van der Waals surface area contributed by atoms with Crippen LogP contribution in [-0.4, -0.2) is 42.9 Å². The minimum absolute atomic E-state index is 0.198. The Kier molecular flexibility index (Phi) is 12.3. The second-order valence-electron chi connectivity index (χ2n) is 5.89. The summed E-state index contributed by atoms with van der Waals surface area (Å²) < 4.78 is 5.44. The number of likely N-dealkylation sites (N-methyl/N-ethyl adjacent to an activating group) is 1. The lowest BCUT2D eigenvalue weighted by Crippen LogP contribution is -2.30. The molecule has 0 aromatic rings. The van der Waals surface area contributed by atoms with Gasteiger partial charge in [-0.25, -0.2) is 0 Å².